The maximum atomic E-state index is 12.8. The lowest BCUT2D eigenvalue weighted by Crippen LogP contribution is -2.42. The summed E-state index contributed by atoms with van der Waals surface area (Å²) >= 11 is 3.46. The molecule has 5 heteroatoms. The Morgan fingerprint density at radius 1 is 1.45 bits per heavy atom. The molecule has 0 bridgehead atoms. The summed E-state index contributed by atoms with van der Waals surface area (Å²) in [5.41, 5.74) is 0.606. The van der Waals surface area contributed by atoms with Crippen molar-refractivity contribution in [1.29, 1.82) is 0 Å². The van der Waals surface area contributed by atoms with Crippen LogP contribution in [0.3, 0.4) is 0 Å². The first-order valence-corrected chi connectivity index (χ1v) is 8.25. The number of methoxy groups -OCH3 is 1. The third-order valence-electron chi connectivity index (χ3n) is 3.84. The number of halogens is 1. The van der Waals surface area contributed by atoms with Gasteiger partial charge < -0.3 is 9.64 Å². The van der Waals surface area contributed by atoms with Crippen molar-refractivity contribution in [3.05, 3.63) is 24.0 Å². The predicted octanol–water partition coefficient (Wildman–Crippen LogP) is 3.26. The van der Waals surface area contributed by atoms with Crippen LogP contribution in [0.25, 0.3) is 0 Å². The highest BCUT2D eigenvalue weighted by atomic mass is 79.9. The van der Waals surface area contributed by atoms with Crippen molar-refractivity contribution in [3.63, 3.8) is 0 Å². The molecule has 0 aromatic carbocycles. The molecule has 1 aliphatic rings. The predicted molar refractivity (Wildman–Crippen MR) is 82.5 cm³/mol. The largest absolute Gasteiger partial charge is 0.494 e. The fourth-order valence-electron chi connectivity index (χ4n) is 2.81. The highest BCUT2D eigenvalue weighted by Gasteiger charge is 2.27. The van der Waals surface area contributed by atoms with E-state index in [2.05, 4.69) is 20.9 Å². The van der Waals surface area contributed by atoms with Crippen LogP contribution < -0.4 is 4.74 Å². The van der Waals surface area contributed by atoms with Gasteiger partial charge in [-0.25, -0.2) is 0 Å². The quantitative estimate of drug-likeness (QED) is 0.772. The number of ether oxygens (including phenoxy) is 1. The summed E-state index contributed by atoms with van der Waals surface area (Å²) in [4.78, 5) is 18.8. The number of pyridine rings is 1. The molecule has 0 atom stereocenters. The summed E-state index contributed by atoms with van der Waals surface area (Å²) in [6.07, 6.45) is 9.15. The van der Waals surface area contributed by atoms with E-state index >= 15 is 0 Å². The zero-order chi connectivity index (χ0) is 14.4. The zero-order valence-corrected chi connectivity index (χ0v) is 13.4. The Balaban J connectivity index is 2.21. The van der Waals surface area contributed by atoms with Crippen molar-refractivity contribution in [3.8, 4) is 5.75 Å². The van der Waals surface area contributed by atoms with Crippen LogP contribution in [0.15, 0.2) is 18.5 Å². The molecule has 1 heterocycles. The molecule has 110 valence electrons. The van der Waals surface area contributed by atoms with Crippen LogP contribution in [0.2, 0.25) is 0 Å². The van der Waals surface area contributed by atoms with Crippen LogP contribution in [0, 0.1) is 0 Å². The molecule has 4 nitrogen and oxygen atoms in total. The van der Waals surface area contributed by atoms with E-state index in [0.717, 1.165) is 24.7 Å². The lowest BCUT2D eigenvalue weighted by Gasteiger charge is -2.34. The van der Waals surface area contributed by atoms with E-state index in [1.807, 2.05) is 4.90 Å². The van der Waals surface area contributed by atoms with Crippen molar-refractivity contribution in [2.45, 2.75) is 38.1 Å². The van der Waals surface area contributed by atoms with Gasteiger partial charge in [-0.05, 0) is 18.9 Å². The Morgan fingerprint density at radius 2 is 2.20 bits per heavy atom. The van der Waals surface area contributed by atoms with Gasteiger partial charge in [0.15, 0.2) is 0 Å². The molecule has 0 N–H and O–H groups in total. The minimum atomic E-state index is 0.0515. The van der Waals surface area contributed by atoms with Crippen molar-refractivity contribution >= 4 is 21.8 Å². The van der Waals surface area contributed by atoms with E-state index in [0.29, 0.717) is 17.4 Å². The van der Waals surface area contributed by atoms with Gasteiger partial charge in [-0.3, -0.25) is 9.78 Å². The van der Waals surface area contributed by atoms with Crippen molar-refractivity contribution in [1.82, 2.24) is 9.88 Å². The molecule has 0 spiro atoms. The summed E-state index contributed by atoms with van der Waals surface area (Å²) < 4.78 is 5.26. The highest BCUT2D eigenvalue weighted by Crippen LogP contribution is 2.26. The molecule has 1 amide bonds. The smallest absolute Gasteiger partial charge is 0.258 e. The molecule has 1 saturated carbocycles. The molecule has 1 aliphatic carbocycles. The van der Waals surface area contributed by atoms with Crippen LogP contribution in [-0.2, 0) is 0 Å². The average molecular weight is 341 g/mol. The summed E-state index contributed by atoms with van der Waals surface area (Å²) in [7, 11) is 1.57. The van der Waals surface area contributed by atoms with Gasteiger partial charge in [0.1, 0.15) is 5.75 Å². The van der Waals surface area contributed by atoms with E-state index in [1.54, 1.807) is 25.6 Å². The van der Waals surface area contributed by atoms with E-state index < -0.39 is 0 Å². The number of hydrogen-bond donors (Lipinski definition) is 0. The van der Waals surface area contributed by atoms with Gasteiger partial charge in [-0.1, -0.05) is 35.2 Å². The van der Waals surface area contributed by atoms with Crippen molar-refractivity contribution < 1.29 is 9.53 Å². The van der Waals surface area contributed by atoms with Gasteiger partial charge in [0.05, 0.1) is 18.9 Å². The van der Waals surface area contributed by atoms with E-state index in [-0.39, 0.29) is 5.91 Å². The normalized spacial score (nSPS) is 15.9. The first kappa shape index (κ1) is 15.3. The van der Waals surface area contributed by atoms with Gasteiger partial charge in [0, 0.05) is 24.1 Å². The number of carbonyl (C=O) groups excluding carboxylic acids is 1. The third-order valence-corrected chi connectivity index (χ3v) is 4.19. The Kier molecular flexibility index (Phi) is 5.83. The third kappa shape index (κ3) is 3.51. The van der Waals surface area contributed by atoms with E-state index in [1.165, 1.54) is 19.3 Å². The fourth-order valence-corrected chi connectivity index (χ4v) is 3.19. The number of rotatable bonds is 5. The highest BCUT2D eigenvalue weighted by molar-refractivity contribution is 9.09. The molecule has 20 heavy (non-hydrogen) atoms. The molecule has 1 aromatic heterocycles. The van der Waals surface area contributed by atoms with Crippen molar-refractivity contribution in [2.75, 3.05) is 19.0 Å². The molecule has 0 saturated heterocycles. The average Bonchev–Trinajstić information content (AvgIpc) is 2.52. The SMILES string of the molecule is COc1cnccc1C(=O)N(CCBr)C1CCCCC1. The lowest BCUT2D eigenvalue weighted by molar-refractivity contribution is 0.0647. The molecule has 0 aliphatic heterocycles. The number of aromatic nitrogens is 1. The second kappa shape index (κ2) is 7.62. The number of carbonyl (C=O) groups is 1. The minimum Gasteiger partial charge on any atom is -0.494 e. The van der Waals surface area contributed by atoms with Crippen LogP contribution in [0.5, 0.6) is 5.75 Å². The van der Waals surface area contributed by atoms with Gasteiger partial charge in [0.25, 0.3) is 5.91 Å². The second-order valence-electron chi connectivity index (χ2n) is 5.06. The van der Waals surface area contributed by atoms with Gasteiger partial charge in [0.2, 0.25) is 0 Å². The monoisotopic (exact) mass is 340 g/mol. The Labute approximate surface area is 128 Å². The molecule has 0 unspecified atom stereocenters. The minimum absolute atomic E-state index is 0.0515. The fraction of sp³-hybridized carbons (Fsp3) is 0.600. The zero-order valence-electron chi connectivity index (χ0n) is 11.8. The molecular weight excluding hydrogens is 320 g/mol. The van der Waals surface area contributed by atoms with Crippen LogP contribution in [0.1, 0.15) is 42.5 Å². The molecule has 2 rings (SSSR count). The Morgan fingerprint density at radius 3 is 2.85 bits per heavy atom. The van der Waals surface area contributed by atoms with Crippen molar-refractivity contribution in [2.24, 2.45) is 0 Å². The van der Waals surface area contributed by atoms with Crippen LogP contribution in [0.4, 0.5) is 0 Å². The topological polar surface area (TPSA) is 42.4 Å². The van der Waals surface area contributed by atoms with Gasteiger partial charge in [-0.2, -0.15) is 0 Å². The molecule has 0 radical (unpaired) electrons. The second-order valence-corrected chi connectivity index (χ2v) is 5.85. The summed E-state index contributed by atoms with van der Waals surface area (Å²) in [6, 6.07) is 2.09. The van der Waals surface area contributed by atoms with Gasteiger partial charge >= 0.3 is 0 Å². The number of hydrogen-bond acceptors (Lipinski definition) is 3. The maximum Gasteiger partial charge on any atom is 0.258 e. The summed E-state index contributed by atoms with van der Waals surface area (Å²) in [5.74, 6) is 0.600. The lowest BCUT2D eigenvalue weighted by atomic mass is 9.93. The number of nitrogens with zero attached hydrogens (tertiary/aromatic N) is 2. The number of alkyl halides is 1. The first-order valence-electron chi connectivity index (χ1n) is 7.13. The Hall–Kier alpha value is -1.10. The molecule has 1 aromatic rings. The van der Waals surface area contributed by atoms with Crippen LogP contribution in [-0.4, -0.2) is 40.8 Å². The van der Waals surface area contributed by atoms with Crippen LogP contribution >= 0.6 is 15.9 Å². The molecular formula is C15H21BrN2O2. The molecule has 1 fully saturated rings. The van der Waals surface area contributed by atoms with Gasteiger partial charge in [-0.15, -0.1) is 0 Å². The summed E-state index contributed by atoms with van der Waals surface area (Å²) in [5, 5.41) is 0.794. The first-order chi connectivity index (χ1) is 9.77. The number of amides is 1. The summed E-state index contributed by atoms with van der Waals surface area (Å²) in [6.45, 7) is 0.731. The Bertz CT molecular complexity index is 447. The van der Waals surface area contributed by atoms with E-state index in [9.17, 15) is 4.79 Å². The standard InChI is InChI=1S/C15H21BrN2O2/c1-20-14-11-17-9-7-13(14)15(19)18(10-8-16)12-5-3-2-4-6-12/h7,9,11-12H,2-6,8,10H2,1H3. The maximum absolute atomic E-state index is 12.8. The van der Waals surface area contributed by atoms with E-state index in [4.69, 9.17) is 4.74 Å².